The summed E-state index contributed by atoms with van der Waals surface area (Å²) in [4.78, 5) is 9.18. The third-order valence-corrected chi connectivity index (χ3v) is 6.94. The topological polar surface area (TPSA) is 67.9 Å². The van der Waals surface area contributed by atoms with E-state index in [4.69, 9.17) is 9.15 Å². The third kappa shape index (κ3) is 4.38. The lowest BCUT2D eigenvalue weighted by Crippen LogP contribution is -1.95. The number of phenolic OH excluding ortho intramolecular Hbond substituents is 1. The van der Waals surface area contributed by atoms with Gasteiger partial charge < -0.3 is 14.3 Å². The molecule has 0 aliphatic rings. The van der Waals surface area contributed by atoms with Gasteiger partial charge in [0.15, 0.2) is 17.1 Å². The summed E-state index contributed by atoms with van der Waals surface area (Å²) in [5, 5.41) is 10.6. The van der Waals surface area contributed by atoms with Crippen LogP contribution < -0.4 is 4.74 Å². The summed E-state index contributed by atoms with van der Waals surface area (Å²) in [6.07, 6.45) is 1.60. The highest BCUT2D eigenvalue weighted by molar-refractivity contribution is 9.13. The van der Waals surface area contributed by atoms with Crippen LogP contribution in [0, 0.1) is 13.8 Å². The molecule has 158 valence electrons. The number of ether oxygens (including phenoxy) is 1. The number of halogens is 2. The van der Waals surface area contributed by atoms with Crippen LogP contribution >= 0.6 is 31.9 Å². The van der Waals surface area contributed by atoms with Gasteiger partial charge in [0.2, 0.25) is 5.89 Å². The Morgan fingerprint density at radius 1 is 1.13 bits per heavy atom. The monoisotopic (exact) mass is 542 g/mol. The number of oxazole rings is 1. The fraction of sp³-hybridized carbons (Fsp3) is 0.167. The Bertz CT molecular complexity index is 1270. The van der Waals surface area contributed by atoms with Crippen molar-refractivity contribution in [2.45, 2.75) is 20.8 Å². The number of aliphatic imine (C=N–C) groups is 1. The SMILES string of the molecule is CCOc1cc(Br)c(Br)c(C=Nc2cccc(-c3nc4cc(C)c(C)cc4o3)c2)c1O. The summed E-state index contributed by atoms with van der Waals surface area (Å²) in [5.41, 5.74) is 5.99. The Hall–Kier alpha value is -2.64. The predicted octanol–water partition coefficient (Wildman–Crippen LogP) is 7.49. The maximum atomic E-state index is 10.6. The van der Waals surface area contributed by atoms with Crippen LogP contribution in [0.1, 0.15) is 23.6 Å². The largest absolute Gasteiger partial charge is 0.504 e. The second kappa shape index (κ2) is 8.85. The molecule has 0 amide bonds. The molecule has 0 bridgehead atoms. The van der Waals surface area contributed by atoms with Gasteiger partial charge in [0.05, 0.1) is 17.9 Å². The van der Waals surface area contributed by atoms with E-state index in [2.05, 4.69) is 55.7 Å². The Labute approximate surface area is 197 Å². The summed E-state index contributed by atoms with van der Waals surface area (Å²) in [5.74, 6) is 0.966. The van der Waals surface area contributed by atoms with Crippen molar-refractivity contribution in [1.29, 1.82) is 0 Å². The van der Waals surface area contributed by atoms with Crippen LogP contribution in [0.5, 0.6) is 11.5 Å². The lowest BCUT2D eigenvalue weighted by Gasteiger charge is -2.11. The molecule has 5 nitrogen and oxygen atoms in total. The molecule has 31 heavy (non-hydrogen) atoms. The molecule has 1 N–H and O–H groups in total. The first-order valence-electron chi connectivity index (χ1n) is 9.73. The highest BCUT2D eigenvalue weighted by Gasteiger charge is 2.15. The zero-order valence-electron chi connectivity index (χ0n) is 17.2. The van der Waals surface area contributed by atoms with E-state index in [1.54, 1.807) is 12.3 Å². The Balaban J connectivity index is 1.69. The molecule has 4 aromatic rings. The van der Waals surface area contributed by atoms with E-state index in [1.807, 2.05) is 43.3 Å². The van der Waals surface area contributed by atoms with Crippen LogP contribution in [-0.2, 0) is 0 Å². The van der Waals surface area contributed by atoms with Crippen molar-refractivity contribution >= 4 is 54.9 Å². The molecule has 0 aliphatic heterocycles. The maximum absolute atomic E-state index is 10.6. The van der Waals surface area contributed by atoms with Crippen LogP contribution in [0.2, 0.25) is 0 Å². The minimum absolute atomic E-state index is 0.0292. The van der Waals surface area contributed by atoms with Crippen LogP contribution in [0.15, 0.2) is 60.8 Å². The first-order valence-corrected chi connectivity index (χ1v) is 11.3. The third-order valence-electron chi connectivity index (χ3n) is 4.93. The number of hydrogen-bond donors (Lipinski definition) is 1. The minimum atomic E-state index is 0.0292. The molecule has 4 rings (SSSR count). The number of rotatable bonds is 5. The minimum Gasteiger partial charge on any atom is -0.504 e. The van der Waals surface area contributed by atoms with Gasteiger partial charge in [-0.3, -0.25) is 4.99 Å². The zero-order valence-corrected chi connectivity index (χ0v) is 20.4. The van der Waals surface area contributed by atoms with Crippen molar-refractivity contribution in [2.75, 3.05) is 6.61 Å². The van der Waals surface area contributed by atoms with Crippen LogP contribution in [-0.4, -0.2) is 22.9 Å². The summed E-state index contributed by atoms with van der Waals surface area (Å²) in [6.45, 7) is 6.43. The molecular formula is C24H20Br2N2O3. The Morgan fingerprint density at radius 2 is 1.90 bits per heavy atom. The number of aromatic nitrogens is 1. The molecule has 0 fully saturated rings. The molecule has 0 aliphatic carbocycles. The first-order chi connectivity index (χ1) is 14.9. The number of phenols is 1. The van der Waals surface area contributed by atoms with Gasteiger partial charge in [-0.1, -0.05) is 6.07 Å². The van der Waals surface area contributed by atoms with Gasteiger partial charge in [0.25, 0.3) is 0 Å². The highest BCUT2D eigenvalue weighted by atomic mass is 79.9. The average molecular weight is 544 g/mol. The molecule has 1 heterocycles. The van der Waals surface area contributed by atoms with Gasteiger partial charge in [-0.2, -0.15) is 0 Å². The standard InChI is InChI=1S/C24H20Br2N2O3/c1-4-30-21-11-18(25)22(26)17(23(21)29)12-27-16-7-5-6-15(10-16)24-28-19-8-13(2)14(3)9-20(19)31-24/h5-12,29H,4H2,1-3H3. The molecule has 1 aromatic heterocycles. The number of hydrogen-bond acceptors (Lipinski definition) is 5. The van der Waals surface area contributed by atoms with Gasteiger partial charge in [-0.05, 0) is 100 Å². The fourth-order valence-corrected chi connectivity index (χ4v) is 3.98. The molecule has 0 spiro atoms. The van der Waals surface area contributed by atoms with E-state index >= 15 is 0 Å². The first kappa shape index (κ1) is 21.6. The molecule has 0 radical (unpaired) electrons. The van der Waals surface area contributed by atoms with Crippen LogP contribution in [0.25, 0.3) is 22.6 Å². The normalized spacial score (nSPS) is 11.5. The lowest BCUT2D eigenvalue weighted by atomic mass is 10.1. The number of fused-ring (bicyclic) bond motifs is 1. The maximum Gasteiger partial charge on any atom is 0.227 e. The number of aryl methyl sites for hydroxylation is 2. The van der Waals surface area contributed by atoms with E-state index in [9.17, 15) is 5.11 Å². The number of nitrogens with zero attached hydrogens (tertiary/aromatic N) is 2. The van der Waals surface area contributed by atoms with E-state index in [0.29, 0.717) is 34.0 Å². The fourth-order valence-electron chi connectivity index (χ4n) is 3.16. The molecule has 0 unspecified atom stereocenters. The predicted molar refractivity (Wildman–Crippen MR) is 131 cm³/mol. The summed E-state index contributed by atoms with van der Waals surface area (Å²) < 4.78 is 12.9. The second-order valence-corrected chi connectivity index (χ2v) is 8.74. The van der Waals surface area contributed by atoms with Gasteiger partial charge in [0.1, 0.15) is 5.52 Å². The average Bonchev–Trinajstić information content (AvgIpc) is 3.15. The van der Waals surface area contributed by atoms with E-state index in [1.165, 1.54) is 11.1 Å². The van der Waals surface area contributed by atoms with Gasteiger partial charge in [0, 0.05) is 20.7 Å². The Morgan fingerprint density at radius 3 is 2.68 bits per heavy atom. The van der Waals surface area contributed by atoms with E-state index in [-0.39, 0.29) is 5.75 Å². The van der Waals surface area contributed by atoms with Gasteiger partial charge >= 0.3 is 0 Å². The quantitative estimate of drug-likeness (QED) is 0.265. The smallest absolute Gasteiger partial charge is 0.227 e. The summed E-state index contributed by atoms with van der Waals surface area (Å²) >= 11 is 6.97. The molecule has 0 atom stereocenters. The van der Waals surface area contributed by atoms with Crippen molar-refractivity contribution in [3.8, 4) is 23.0 Å². The van der Waals surface area contributed by atoms with Crippen molar-refractivity contribution in [2.24, 2.45) is 4.99 Å². The zero-order chi connectivity index (χ0) is 22.1. The van der Waals surface area contributed by atoms with E-state index in [0.717, 1.165) is 21.1 Å². The van der Waals surface area contributed by atoms with Crippen molar-refractivity contribution in [3.05, 3.63) is 68.1 Å². The van der Waals surface area contributed by atoms with E-state index < -0.39 is 0 Å². The number of aromatic hydroxyl groups is 1. The van der Waals surface area contributed by atoms with Crippen LogP contribution in [0.3, 0.4) is 0 Å². The molecule has 0 saturated carbocycles. The molecule has 3 aromatic carbocycles. The molecular weight excluding hydrogens is 524 g/mol. The van der Waals surface area contributed by atoms with Crippen molar-refractivity contribution < 1.29 is 14.3 Å². The second-order valence-electron chi connectivity index (χ2n) is 7.10. The van der Waals surface area contributed by atoms with Crippen molar-refractivity contribution in [1.82, 2.24) is 4.98 Å². The summed E-state index contributed by atoms with van der Waals surface area (Å²) in [7, 11) is 0. The summed E-state index contributed by atoms with van der Waals surface area (Å²) in [6, 6.07) is 13.4. The molecule has 0 saturated heterocycles. The van der Waals surface area contributed by atoms with Crippen LogP contribution in [0.4, 0.5) is 5.69 Å². The highest BCUT2D eigenvalue weighted by Crippen LogP contribution is 2.40. The van der Waals surface area contributed by atoms with Gasteiger partial charge in [-0.15, -0.1) is 0 Å². The number of benzene rings is 3. The van der Waals surface area contributed by atoms with Crippen molar-refractivity contribution in [3.63, 3.8) is 0 Å². The lowest BCUT2D eigenvalue weighted by molar-refractivity contribution is 0.317. The van der Waals surface area contributed by atoms with Gasteiger partial charge in [-0.25, -0.2) is 4.98 Å². The molecule has 7 heteroatoms. The Kier molecular flexibility index (Phi) is 6.16.